The van der Waals surface area contributed by atoms with Crippen molar-refractivity contribution in [2.45, 2.75) is 57.7 Å². The fraction of sp³-hybridized carbons (Fsp3) is 0.500. The van der Waals surface area contributed by atoms with Crippen molar-refractivity contribution in [1.82, 2.24) is 4.31 Å². The molecule has 1 saturated carbocycles. The van der Waals surface area contributed by atoms with Crippen LogP contribution in [0.4, 0.5) is 18.9 Å². The van der Waals surface area contributed by atoms with E-state index in [9.17, 15) is 36.3 Å². The predicted molar refractivity (Wildman–Crippen MR) is 143 cm³/mol. The summed E-state index contributed by atoms with van der Waals surface area (Å²) in [6.07, 6.45) is 0.149. The number of para-hydroxylation sites is 1. The Balaban J connectivity index is 1.70. The molecule has 0 aromatic heterocycles. The number of alkyl halides is 3. The average molecular weight is 583 g/mol. The summed E-state index contributed by atoms with van der Waals surface area (Å²) in [4.78, 5) is 27.8. The van der Waals surface area contributed by atoms with Gasteiger partial charge in [0.1, 0.15) is 11.5 Å². The molecule has 0 spiro atoms. The molecule has 1 heterocycles. The van der Waals surface area contributed by atoms with Crippen LogP contribution in [0.2, 0.25) is 0 Å². The normalized spacial score (nSPS) is 21.1. The smallest absolute Gasteiger partial charge is 0.419 e. The minimum Gasteiger partial charge on any atom is -0.478 e. The molecule has 2 aromatic carbocycles. The second-order valence-corrected chi connectivity index (χ2v) is 12.6. The topological polar surface area (TPSA) is 104 Å². The fourth-order valence-corrected chi connectivity index (χ4v) is 6.38. The van der Waals surface area contributed by atoms with Crippen LogP contribution < -0.4 is 9.64 Å². The van der Waals surface area contributed by atoms with E-state index >= 15 is 0 Å². The molecule has 4 rings (SSSR count). The van der Waals surface area contributed by atoms with Crippen molar-refractivity contribution in [3.8, 4) is 11.5 Å². The van der Waals surface area contributed by atoms with Crippen LogP contribution in [0, 0.1) is 11.8 Å². The van der Waals surface area contributed by atoms with Crippen LogP contribution in [0.5, 0.6) is 11.5 Å². The van der Waals surface area contributed by atoms with Gasteiger partial charge in [-0.25, -0.2) is 17.5 Å². The monoisotopic (exact) mass is 582 g/mol. The zero-order valence-electron chi connectivity index (χ0n) is 22.4. The van der Waals surface area contributed by atoms with E-state index in [1.807, 2.05) is 0 Å². The van der Waals surface area contributed by atoms with Gasteiger partial charge in [0, 0.05) is 25.0 Å². The summed E-state index contributed by atoms with van der Waals surface area (Å²) in [6.45, 7) is 2.50. The number of ether oxygens (including phenoxy) is 1. The van der Waals surface area contributed by atoms with Crippen LogP contribution in [0.15, 0.2) is 42.5 Å². The van der Waals surface area contributed by atoms with Gasteiger partial charge in [0.15, 0.2) is 0 Å². The molecule has 2 aromatic rings. The fourth-order valence-electron chi connectivity index (χ4n) is 5.51. The van der Waals surface area contributed by atoms with Gasteiger partial charge in [-0.1, -0.05) is 19.1 Å². The largest absolute Gasteiger partial charge is 0.478 e. The zero-order chi connectivity index (χ0) is 29.2. The van der Waals surface area contributed by atoms with Gasteiger partial charge >= 0.3 is 12.1 Å². The van der Waals surface area contributed by atoms with E-state index in [-0.39, 0.29) is 41.9 Å². The highest BCUT2D eigenvalue weighted by molar-refractivity contribution is 7.88. The van der Waals surface area contributed by atoms with Crippen molar-refractivity contribution in [1.29, 1.82) is 0 Å². The lowest BCUT2D eigenvalue weighted by Gasteiger charge is -2.40. The van der Waals surface area contributed by atoms with Gasteiger partial charge in [-0.3, -0.25) is 4.79 Å². The summed E-state index contributed by atoms with van der Waals surface area (Å²) >= 11 is 0. The summed E-state index contributed by atoms with van der Waals surface area (Å²) in [5.74, 6) is -2.00. The minimum atomic E-state index is -4.67. The lowest BCUT2D eigenvalue weighted by molar-refractivity contribution is -0.138. The Morgan fingerprint density at radius 1 is 1.00 bits per heavy atom. The molecule has 0 radical (unpaired) electrons. The van der Waals surface area contributed by atoms with Crippen LogP contribution in [0.25, 0.3) is 0 Å². The summed E-state index contributed by atoms with van der Waals surface area (Å²) in [6, 6.07) is 8.05. The van der Waals surface area contributed by atoms with Crippen LogP contribution in [-0.2, 0) is 21.0 Å². The zero-order valence-corrected chi connectivity index (χ0v) is 23.2. The van der Waals surface area contributed by atoms with Crippen LogP contribution in [0.3, 0.4) is 0 Å². The number of aromatic carboxylic acids is 1. The quantitative estimate of drug-likeness (QED) is 0.444. The van der Waals surface area contributed by atoms with Crippen LogP contribution in [0.1, 0.15) is 61.4 Å². The molecular weight excluding hydrogens is 549 g/mol. The molecule has 1 aliphatic heterocycles. The number of sulfonamides is 1. The molecule has 12 heteroatoms. The molecule has 0 unspecified atom stereocenters. The number of carbonyl (C=O) groups excluding carboxylic acids is 1. The van der Waals surface area contributed by atoms with Crippen molar-refractivity contribution in [3.63, 3.8) is 0 Å². The second-order valence-electron chi connectivity index (χ2n) is 10.6. The van der Waals surface area contributed by atoms with Gasteiger partial charge in [-0.15, -0.1) is 0 Å². The highest BCUT2D eigenvalue weighted by atomic mass is 32.2. The highest BCUT2D eigenvalue weighted by Crippen LogP contribution is 2.40. The standard InChI is InChI=1S/C28H33F3N2O6S/c1-18-7-9-19(10-8-18)26(34)33(20-13-15-32(16-14-20)40(2,37)38)24-12-11-21(17-22(24)27(35)36)39-25-6-4-3-5-23(25)28(29,30)31/h3-6,11-12,17-20H,7-10,13-16H2,1-2H3,(H,35,36)/t18-,19-. The van der Waals surface area contributed by atoms with Gasteiger partial charge in [-0.2, -0.15) is 13.2 Å². The molecule has 2 fully saturated rings. The molecule has 218 valence electrons. The van der Waals surface area contributed by atoms with Crippen LogP contribution in [-0.4, -0.2) is 55.1 Å². The van der Waals surface area contributed by atoms with Crippen molar-refractivity contribution in [2.24, 2.45) is 11.8 Å². The summed E-state index contributed by atoms with van der Waals surface area (Å²) < 4.78 is 71.3. The molecule has 1 amide bonds. The Morgan fingerprint density at radius 3 is 2.20 bits per heavy atom. The van der Waals surface area contributed by atoms with E-state index in [1.165, 1.54) is 33.5 Å². The lowest BCUT2D eigenvalue weighted by Crippen LogP contribution is -2.51. The van der Waals surface area contributed by atoms with E-state index in [0.717, 1.165) is 37.3 Å². The number of amides is 1. The SMILES string of the molecule is CS(=O)(=O)N1CCC(N(c2ccc(Oc3ccccc3C(F)(F)F)cc2C(=O)O)C(=O)[C@H]2CC[C@H](C)CC2)CC1. The number of benzene rings is 2. The Labute approximate surface area is 231 Å². The number of carboxylic acid groups (broad SMARTS) is 1. The Bertz CT molecular complexity index is 1350. The third kappa shape index (κ3) is 6.77. The molecule has 2 aliphatic rings. The van der Waals surface area contributed by atoms with E-state index in [1.54, 1.807) is 0 Å². The molecule has 1 aliphatic carbocycles. The number of anilines is 1. The molecule has 8 nitrogen and oxygen atoms in total. The molecule has 1 saturated heterocycles. The maximum Gasteiger partial charge on any atom is 0.419 e. The maximum atomic E-state index is 13.9. The number of nitrogens with zero attached hydrogens (tertiary/aromatic N) is 2. The number of halogens is 3. The lowest BCUT2D eigenvalue weighted by atomic mass is 9.81. The average Bonchev–Trinajstić information content (AvgIpc) is 2.89. The first-order valence-electron chi connectivity index (χ1n) is 13.2. The second kappa shape index (κ2) is 11.8. The summed E-state index contributed by atoms with van der Waals surface area (Å²) in [5, 5.41) is 10.1. The number of hydrogen-bond donors (Lipinski definition) is 1. The third-order valence-corrected chi connectivity index (χ3v) is 9.04. The number of hydrogen-bond acceptors (Lipinski definition) is 5. The Hall–Kier alpha value is -3.12. The van der Waals surface area contributed by atoms with Gasteiger partial charge < -0.3 is 14.7 Å². The minimum absolute atomic E-state index is 0.116. The van der Waals surface area contributed by atoms with Gasteiger partial charge in [0.2, 0.25) is 15.9 Å². The molecule has 0 atom stereocenters. The highest BCUT2D eigenvalue weighted by Gasteiger charge is 2.38. The first-order valence-corrected chi connectivity index (χ1v) is 15.1. The van der Waals surface area contributed by atoms with Crippen LogP contribution >= 0.6 is 0 Å². The van der Waals surface area contributed by atoms with Crippen molar-refractivity contribution in [3.05, 3.63) is 53.6 Å². The Kier molecular flexibility index (Phi) is 8.79. The molecule has 40 heavy (non-hydrogen) atoms. The number of carboxylic acids is 1. The maximum absolute atomic E-state index is 13.9. The molecule has 0 bridgehead atoms. The predicted octanol–water partition coefficient (Wildman–Crippen LogP) is 5.78. The van der Waals surface area contributed by atoms with Crippen molar-refractivity contribution in [2.75, 3.05) is 24.2 Å². The van der Waals surface area contributed by atoms with E-state index in [2.05, 4.69) is 6.92 Å². The van der Waals surface area contributed by atoms with Crippen molar-refractivity contribution < 1.29 is 41.0 Å². The number of rotatable bonds is 7. The third-order valence-electron chi connectivity index (χ3n) is 7.74. The van der Waals surface area contributed by atoms with E-state index < -0.39 is 39.5 Å². The number of carbonyl (C=O) groups is 2. The number of piperidine rings is 1. The first-order chi connectivity index (χ1) is 18.8. The molecule has 1 N–H and O–H groups in total. The van der Waals surface area contributed by atoms with Gasteiger partial charge in [0.05, 0.1) is 23.1 Å². The van der Waals surface area contributed by atoms with Crippen molar-refractivity contribution >= 4 is 27.6 Å². The van der Waals surface area contributed by atoms with E-state index in [0.29, 0.717) is 31.6 Å². The van der Waals surface area contributed by atoms with Gasteiger partial charge in [0.25, 0.3) is 0 Å². The van der Waals surface area contributed by atoms with E-state index in [4.69, 9.17) is 4.74 Å². The Morgan fingerprint density at radius 2 is 1.62 bits per heavy atom. The first kappa shape index (κ1) is 29.9. The van der Waals surface area contributed by atoms with Gasteiger partial charge in [-0.05, 0) is 74.8 Å². The summed E-state index contributed by atoms with van der Waals surface area (Å²) in [5.41, 5.74) is -1.17. The molecular formula is C28H33F3N2O6S. The summed E-state index contributed by atoms with van der Waals surface area (Å²) in [7, 11) is -3.42.